The predicted molar refractivity (Wildman–Crippen MR) is 105 cm³/mol. The second kappa shape index (κ2) is 6.49. The first kappa shape index (κ1) is 16.5. The molecule has 2 aliphatic rings. The molecule has 0 amide bonds. The highest BCUT2D eigenvalue weighted by molar-refractivity contribution is 5.80. The molecule has 2 N–H and O–H groups in total. The van der Waals surface area contributed by atoms with Gasteiger partial charge in [-0.25, -0.2) is 13.9 Å². The van der Waals surface area contributed by atoms with Crippen molar-refractivity contribution >= 4 is 17.2 Å². The molecule has 0 aliphatic carbocycles. The highest BCUT2D eigenvalue weighted by atomic mass is 19.1. The molecule has 27 heavy (non-hydrogen) atoms. The lowest BCUT2D eigenvalue weighted by Crippen LogP contribution is -2.38. The minimum atomic E-state index is -0.248. The average molecular weight is 366 g/mol. The fourth-order valence-electron chi connectivity index (χ4n) is 4.20. The van der Waals surface area contributed by atoms with Crippen LogP contribution >= 0.6 is 0 Å². The molecular formula is C20H23FN6. The van der Waals surface area contributed by atoms with Crippen LogP contribution in [0.25, 0.3) is 16.8 Å². The topological polar surface area (TPSA) is 57.5 Å². The van der Waals surface area contributed by atoms with E-state index in [0.717, 1.165) is 43.2 Å². The summed E-state index contributed by atoms with van der Waals surface area (Å²) in [6.07, 6.45) is 5.97. The van der Waals surface area contributed by atoms with Crippen LogP contribution in [0.3, 0.4) is 0 Å². The number of fused-ring (bicyclic) bond motifs is 5. The van der Waals surface area contributed by atoms with Crippen LogP contribution < -0.4 is 10.6 Å². The molecule has 1 atom stereocenters. The van der Waals surface area contributed by atoms with E-state index < -0.39 is 0 Å². The van der Waals surface area contributed by atoms with Gasteiger partial charge < -0.3 is 10.6 Å². The van der Waals surface area contributed by atoms with Gasteiger partial charge in [0.05, 0.1) is 6.20 Å². The number of anilines is 2. The Labute approximate surface area is 157 Å². The minimum absolute atomic E-state index is 0.248. The number of nitrogens with zero attached hydrogens (tertiary/aromatic N) is 4. The molecule has 7 heteroatoms. The summed E-state index contributed by atoms with van der Waals surface area (Å²) in [5.74, 6) is 0.547. The van der Waals surface area contributed by atoms with Crippen LogP contribution in [0, 0.1) is 12.7 Å². The molecule has 140 valence electrons. The number of halogens is 1. The molecule has 0 radical (unpaired) electrons. The van der Waals surface area contributed by atoms with Gasteiger partial charge in [-0.05, 0) is 50.1 Å². The summed E-state index contributed by atoms with van der Waals surface area (Å²) in [6.45, 7) is 5.77. The maximum absolute atomic E-state index is 14.8. The van der Waals surface area contributed by atoms with Gasteiger partial charge in [-0.2, -0.15) is 5.10 Å². The van der Waals surface area contributed by atoms with Gasteiger partial charge in [-0.15, -0.1) is 0 Å². The van der Waals surface area contributed by atoms with Crippen LogP contribution in [0.2, 0.25) is 0 Å². The molecule has 0 saturated carbocycles. The van der Waals surface area contributed by atoms with Crippen LogP contribution in [0.5, 0.6) is 0 Å². The Balaban J connectivity index is 1.64. The molecule has 2 aliphatic heterocycles. The molecule has 5 rings (SSSR count). The smallest absolute Gasteiger partial charge is 0.165 e. The number of nitrogens with one attached hydrogen (secondary N) is 2. The molecule has 4 bridgehead atoms. The van der Waals surface area contributed by atoms with Gasteiger partial charge in [0.1, 0.15) is 11.6 Å². The largest absolute Gasteiger partial charge is 0.383 e. The Bertz CT molecular complexity index is 998. The van der Waals surface area contributed by atoms with E-state index in [9.17, 15) is 4.39 Å². The molecular weight excluding hydrogens is 343 g/mol. The zero-order chi connectivity index (χ0) is 18.4. The minimum Gasteiger partial charge on any atom is -0.383 e. The number of aromatic nitrogens is 3. The number of hydrogen-bond donors (Lipinski definition) is 2. The van der Waals surface area contributed by atoms with Crippen molar-refractivity contribution in [3.8, 4) is 11.1 Å². The highest BCUT2D eigenvalue weighted by Crippen LogP contribution is 2.32. The van der Waals surface area contributed by atoms with Crippen LogP contribution in [0.1, 0.15) is 18.4 Å². The van der Waals surface area contributed by atoms with E-state index in [1.807, 2.05) is 25.3 Å². The number of aryl methyl sites for hydroxylation is 1. The quantitative estimate of drug-likeness (QED) is 0.640. The van der Waals surface area contributed by atoms with Gasteiger partial charge in [-0.1, -0.05) is 0 Å². The fourth-order valence-corrected chi connectivity index (χ4v) is 4.20. The number of benzene rings is 1. The second-order valence-electron chi connectivity index (χ2n) is 7.43. The molecule has 1 aromatic carbocycles. The summed E-state index contributed by atoms with van der Waals surface area (Å²) in [6, 6.07) is 5.91. The normalized spacial score (nSPS) is 20.1. The van der Waals surface area contributed by atoms with Crippen LogP contribution in [-0.2, 0) is 0 Å². The number of rotatable bonds is 0. The second-order valence-corrected chi connectivity index (χ2v) is 7.43. The van der Waals surface area contributed by atoms with E-state index >= 15 is 0 Å². The zero-order valence-electron chi connectivity index (χ0n) is 15.4. The summed E-state index contributed by atoms with van der Waals surface area (Å²) in [5.41, 5.74) is 3.79. The summed E-state index contributed by atoms with van der Waals surface area (Å²) >= 11 is 0. The van der Waals surface area contributed by atoms with Gasteiger partial charge in [0.25, 0.3) is 0 Å². The van der Waals surface area contributed by atoms with Crippen molar-refractivity contribution in [3.05, 3.63) is 42.0 Å². The zero-order valence-corrected chi connectivity index (χ0v) is 15.4. The average Bonchev–Trinajstić information content (AvgIpc) is 3.27. The van der Waals surface area contributed by atoms with Gasteiger partial charge in [0.2, 0.25) is 0 Å². The maximum Gasteiger partial charge on any atom is 0.165 e. The van der Waals surface area contributed by atoms with Crippen molar-refractivity contribution in [1.82, 2.24) is 19.5 Å². The Morgan fingerprint density at radius 2 is 2.11 bits per heavy atom. The van der Waals surface area contributed by atoms with Gasteiger partial charge in [0, 0.05) is 48.7 Å². The fraction of sp³-hybridized carbons (Fsp3) is 0.400. The summed E-state index contributed by atoms with van der Waals surface area (Å²) < 4.78 is 16.5. The van der Waals surface area contributed by atoms with Crippen molar-refractivity contribution in [2.45, 2.75) is 25.8 Å². The van der Waals surface area contributed by atoms with E-state index in [-0.39, 0.29) is 5.82 Å². The number of hydrogen-bond acceptors (Lipinski definition) is 5. The molecule has 3 aromatic rings. The molecule has 1 fully saturated rings. The van der Waals surface area contributed by atoms with Gasteiger partial charge in [-0.3, -0.25) is 4.90 Å². The summed E-state index contributed by atoms with van der Waals surface area (Å²) in [5, 5.41) is 11.3. The lowest BCUT2D eigenvalue weighted by Gasteiger charge is -2.26. The third-order valence-corrected chi connectivity index (χ3v) is 5.71. The lowest BCUT2D eigenvalue weighted by atomic mass is 10.0. The molecule has 0 spiro atoms. The summed E-state index contributed by atoms with van der Waals surface area (Å²) in [4.78, 5) is 7.21. The Morgan fingerprint density at radius 3 is 3.04 bits per heavy atom. The van der Waals surface area contributed by atoms with E-state index in [4.69, 9.17) is 0 Å². The van der Waals surface area contributed by atoms with E-state index in [0.29, 0.717) is 22.8 Å². The third-order valence-electron chi connectivity index (χ3n) is 5.71. The van der Waals surface area contributed by atoms with E-state index in [1.54, 1.807) is 16.8 Å². The predicted octanol–water partition coefficient (Wildman–Crippen LogP) is 3.15. The van der Waals surface area contributed by atoms with Crippen molar-refractivity contribution in [2.75, 3.05) is 36.8 Å². The molecule has 2 aromatic heterocycles. The van der Waals surface area contributed by atoms with Crippen molar-refractivity contribution in [1.29, 1.82) is 0 Å². The van der Waals surface area contributed by atoms with Crippen molar-refractivity contribution < 1.29 is 4.39 Å². The summed E-state index contributed by atoms with van der Waals surface area (Å²) in [7, 11) is 0. The molecule has 4 heterocycles. The first-order valence-electron chi connectivity index (χ1n) is 9.56. The maximum atomic E-state index is 14.8. The highest BCUT2D eigenvalue weighted by Gasteiger charge is 2.24. The standard InChI is InChI=1S/C20H23FN6/c1-13-9-17(21)15-10-18(13)23-11-14-3-2-6-26(14)8-5-22-19-4-7-27-20(25-19)16(15)12-24-27/h4,7,9-10,12,14,23H,2-3,5-6,8,11H2,1H3,(H,22,25)/t14-/m0/s1. The molecule has 6 nitrogen and oxygen atoms in total. The third kappa shape index (κ3) is 2.92. The first-order valence-corrected chi connectivity index (χ1v) is 9.56. The van der Waals surface area contributed by atoms with E-state index in [1.165, 1.54) is 12.8 Å². The van der Waals surface area contributed by atoms with Gasteiger partial charge >= 0.3 is 0 Å². The van der Waals surface area contributed by atoms with Crippen LogP contribution in [-0.4, -0.2) is 51.7 Å². The van der Waals surface area contributed by atoms with Crippen LogP contribution in [0.4, 0.5) is 15.9 Å². The van der Waals surface area contributed by atoms with E-state index in [2.05, 4.69) is 25.6 Å². The monoisotopic (exact) mass is 366 g/mol. The first-order chi connectivity index (χ1) is 13.2. The lowest BCUT2D eigenvalue weighted by molar-refractivity contribution is 0.272. The van der Waals surface area contributed by atoms with Crippen molar-refractivity contribution in [2.24, 2.45) is 0 Å². The Morgan fingerprint density at radius 1 is 1.19 bits per heavy atom. The molecule has 1 saturated heterocycles. The van der Waals surface area contributed by atoms with Crippen LogP contribution in [0.15, 0.2) is 30.6 Å². The SMILES string of the molecule is Cc1cc(F)c2cc1NC[C@@H]1CCCN1CCNc1ccn3ncc-2c3n1. The van der Waals surface area contributed by atoms with Gasteiger partial charge in [0.15, 0.2) is 5.65 Å². The molecule has 0 unspecified atom stereocenters. The van der Waals surface area contributed by atoms with Crippen molar-refractivity contribution in [3.63, 3.8) is 0 Å². The Hall–Kier alpha value is -2.67. The Kier molecular flexibility index (Phi) is 3.97.